The first-order chi connectivity index (χ1) is 14.0. The predicted octanol–water partition coefficient (Wildman–Crippen LogP) is 3.87. The Bertz CT molecular complexity index is 488. The van der Waals surface area contributed by atoms with Gasteiger partial charge >= 0.3 is 5.97 Å². The minimum absolute atomic E-state index is 0.0150. The summed E-state index contributed by atoms with van der Waals surface area (Å²) in [6, 6.07) is -0.885. The zero-order chi connectivity index (χ0) is 21.7. The highest BCUT2D eigenvalue weighted by Gasteiger charge is 2.18. The summed E-state index contributed by atoms with van der Waals surface area (Å²) in [6.07, 6.45) is 18.6. The minimum Gasteiger partial charge on any atom is -0.480 e. The van der Waals surface area contributed by atoms with Gasteiger partial charge in [0.15, 0.2) is 5.96 Å². The fourth-order valence-corrected chi connectivity index (χ4v) is 3.03. The molecule has 0 aliphatic carbocycles. The van der Waals surface area contributed by atoms with Crippen molar-refractivity contribution in [3.05, 3.63) is 12.2 Å². The lowest BCUT2D eigenvalue weighted by Gasteiger charge is -2.14. The van der Waals surface area contributed by atoms with E-state index in [4.69, 9.17) is 11.5 Å². The third-order valence-corrected chi connectivity index (χ3v) is 4.74. The summed E-state index contributed by atoms with van der Waals surface area (Å²) < 4.78 is 0. The molecule has 0 bridgehead atoms. The highest BCUT2D eigenvalue weighted by Crippen LogP contribution is 2.09. The average Bonchev–Trinajstić information content (AvgIpc) is 2.67. The standard InChI is InChI=1S/C22H42N4O3/c1-2-3-4-5-6-7-8-9-10-11-12-13-14-17-20(27)26-19(21(28)29)16-15-18-25-22(23)24/h8-9,19H,2-7,10-18H2,1H3,(H,26,27)(H,28,29)(H4,23,24,25)/b9-8+/t19-/m0/s1. The van der Waals surface area contributed by atoms with Crippen LogP contribution in [0.4, 0.5) is 0 Å². The van der Waals surface area contributed by atoms with Crippen molar-refractivity contribution in [1.82, 2.24) is 5.32 Å². The van der Waals surface area contributed by atoms with Crippen LogP contribution in [0.1, 0.15) is 96.8 Å². The van der Waals surface area contributed by atoms with Crippen LogP contribution in [0, 0.1) is 0 Å². The molecule has 0 rings (SSSR count). The van der Waals surface area contributed by atoms with Crippen molar-refractivity contribution in [3.8, 4) is 0 Å². The van der Waals surface area contributed by atoms with Crippen molar-refractivity contribution < 1.29 is 14.7 Å². The SMILES string of the molecule is CCCCCCC/C=C/CCCCCCC(=O)N[C@@H](CCCN=C(N)N)C(=O)O. The van der Waals surface area contributed by atoms with E-state index < -0.39 is 12.0 Å². The Kier molecular flexibility index (Phi) is 17.9. The van der Waals surface area contributed by atoms with Crippen LogP contribution in [-0.4, -0.2) is 35.5 Å². The number of amides is 1. The number of allylic oxidation sites excluding steroid dienone is 2. The van der Waals surface area contributed by atoms with E-state index >= 15 is 0 Å². The van der Waals surface area contributed by atoms with E-state index in [0.717, 1.165) is 32.1 Å². The number of carboxylic acid groups (broad SMARTS) is 1. The number of nitrogens with zero attached hydrogens (tertiary/aromatic N) is 1. The first-order valence-corrected chi connectivity index (χ1v) is 11.2. The molecule has 0 heterocycles. The third-order valence-electron chi connectivity index (χ3n) is 4.74. The van der Waals surface area contributed by atoms with Crippen molar-refractivity contribution in [2.45, 2.75) is 103 Å². The summed E-state index contributed by atoms with van der Waals surface area (Å²) in [5, 5.41) is 11.8. The van der Waals surface area contributed by atoms with Gasteiger partial charge in [0.2, 0.25) is 5.91 Å². The lowest BCUT2D eigenvalue weighted by molar-refractivity contribution is -0.142. The number of carbonyl (C=O) groups is 2. The number of nitrogens with one attached hydrogen (secondary N) is 1. The van der Waals surface area contributed by atoms with Gasteiger partial charge in [-0.2, -0.15) is 0 Å². The molecule has 0 aliphatic rings. The molecule has 7 nitrogen and oxygen atoms in total. The molecule has 0 aliphatic heterocycles. The van der Waals surface area contributed by atoms with Crippen molar-refractivity contribution in [3.63, 3.8) is 0 Å². The second kappa shape index (κ2) is 19.3. The van der Waals surface area contributed by atoms with Crippen molar-refractivity contribution in [1.29, 1.82) is 0 Å². The van der Waals surface area contributed by atoms with Crippen LogP contribution in [0.2, 0.25) is 0 Å². The van der Waals surface area contributed by atoms with Gasteiger partial charge in [-0.3, -0.25) is 9.79 Å². The number of aliphatic carboxylic acids is 1. The van der Waals surface area contributed by atoms with Gasteiger partial charge in [0.1, 0.15) is 6.04 Å². The van der Waals surface area contributed by atoms with Gasteiger partial charge < -0.3 is 21.9 Å². The quantitative estimate of drug-likeness (QED) is 0.111. The number of hydrogen-bond donors (Lipinski definition) is 4. The number of carboxylic acids is 1. The number of carbonyl (C=O) groups excluding carboxylic acids is 1. The van der Waals surface area contributed by atoms with Crippen LogP contribution < -0.4 is 16.8 Å². The summed E-state index contributed by atoms with van der Waals surface area (Å²) in [5.74, 6) is -1.25. The maximum atomic E-state index is 11.9. The Morgan fingerprint density at radius 2 is 1.52 bits per heavy atom. The van der Waals surface area contributed by atoms with Crippen LogP contribution >= 0.6 is 0 Å². The zero-order valence-electron chi connectivity index (χ0n) is 18.2. The van der Waals surface area contributed by atoms with E-state index in [1.807, 2.05) is 0 Å². The zero-order valence-corrected chi connectivity index (χ0v) is 18.2. The van der Waals surface area contributed by atoms with Gasteiger partial charge in [0.25, 0.3) is 0 Å². The fourth-order valence-electron chi connectivity index (χ4n) is 3.03. The van der Waals surface area contributed by atoms with Gasteiger partial charge in [0.05, 0.1) is 0 Å². The Balaban J connectivity index is 3.68. The number of rotatable bonds is 19. The molecule has 1 atom stereocenters. The summed E-state index contributed by atoms with van der Waals surface area (Å²) >= 11 is 0. The fraction of sp³-hybridized carbons (Fsp3) is 0.773. The lowest BCUT2D eigenvalue weighted by Crippen LogP contribution is -2.40. The molecule has 7 heteroatoms. The van der Waals surface area contributed by atoms with Crippen molar-refractivity contribution >= 4 is 17.8 Å². The van der Waals surface area contributed by atoms with E-state index in [-0.39, 0.29) is 11.9 Å². The first-order valence-electron chi connectivity index (χ1n) is 11.2. The molecule has 0 unspecified atom stereocenters. The Hall–Kier alpha value is -2.05. The molecule has 29 heavy (non-hydrogen) atoms. The minimum atomic E-state index is -1.03. The average molecular weight is 411 g/mol. The van der Waals surface area contributed by atoms with Crippen LogP contribution in [-0.2, 0) is 9.59 Å². The van der Waals surface area contributed by atoms with Crippen LogP contribution in [0.25, 0.3) is 0 Å². The largest absolute Gasteiger partial charge is 0.480 e. The van der Waals surface area contributed by atoms with Gasteiger partial charge in [0, 0.05) is 13.0 Å². The molecule has 0 saturated heterocycles. The second-order valence-corrected chi connectivity index (χ2v) is 7.53. The smallest absolute Gasteiger partial charge is 0.326 e. The van der Waals surface area contributed by atoms with E-state index in [9.17, 15) is 14.7 Å². The molecular formula is C22H42N4O3. The topological polar surface area (TPSA) is 131 Å². The van der Waals surface area contributed by atoms with Crippen LogP contribution in [0.15, 0.2) is 17.1 Å². The van der Waals surface area contributed by atoms with E-state index in [1.54, 1.807) is 0 Å². The molecule has 0 aromatic carbocycles. The Morgan fingerprint density at radius 1 is 0.931 bits per heavy atom. The molecule has 0 aromatic heterocycles. The molecule has 0 aromatic rings. The van der Waals surface area contributed by atoms with Crippen LogP contribution in [0.5, 0.6) is 0 Å². The van der Waals surface area contributed by atoms with Gasteiger partial charge in [-0.25, -0.2) is 4.79 Å². The van der Waals surface area contributed by atoms with Crippen molar-refractivity contribution in [2.24, 2.45) is 16.5 Å². The summed E-state index contributed by atoms with van der Waals surface area (Å²) in [7, 11) is 0. The summed E-state index contributed by atoms with van der Waals surface area (Å²) in [4.78, 5) is 27.0. The normalized spacial score (nSPS) is 12.0. The monoisotopic (exact) mass is 410 g/mol. The highest BCUT2D eigenvalue weighted by atomic mass is 16.4. The molecule has 168 valence electrons. The number of hydrogen-bond acceptors (Lipinski definition) is 3. The van der Waals surface area contributed by atoms with E-state index in [0.29, 0.717) is 25.8 Å². The Labute approximate surface area is 176 Å². The maximum Gasteiger partial charge on any atom is 0.326 e. The third kappa shape index (κ3) is 19.1. The number of unbranched alkanes of at least 4 members (excludes halogenated alkanes) is 9. The Morgan fingerprint density at radius 3 is 2.07 bits per heavy atom. The molecule has 0 saturated carbocycles. The number of nitrogens with two attached hydrogens (primary N) is 2. The summed E-state index contributed by atoms with van der Waals surface area (Å²) in [6.45, 7) is 2.59. The second-order valence-electron chi connectivity index (χ2n) is 7.53. The molecule has 1 amide bonds. The number of guanidine groups is 1. The molecule has 0 radical (unpaired) electrons. The predicted molar refractivity (Wildman–Crippen MR) is 120 cm³/mol. The molecule has 0 fully saturated rings. The summed E-state index contributed by atoms with van der Waals surface area (Å²) in [5.41, 5.74) is 10.5. The van der Waals surface area contributed by atoms with Crippen molar-refractivity contribution in [2.75, 3.05) is 6.54 Å². The van der Waals surface area contributed by atoms with Gasteiger partial charge in [-0.05, 0) is 44.9 Å². The number of aliphatic imine (C=N–C) groups is 1. The van der Waals surface area contributed by atoms with Gasteiger partial charge in [-0.15, -0.1) is 0 Å². The van der Waals surface area contributed by atoms with Gasteiger partial charge in [-0.1, -0.05) is 57.6 Å². The van der Waals surface area contributed by atoms with E-state index in [1.165, 1.54) is 38.5 Å². The first kappa shape index (κ1) is 27.0. The molecular weight excluding hydrogens is 368 g/mol. The molecule has 0 spiro atoms. The van der Waals surface area contributed by atoms with E-state index in [2.05, 4.69) is 29.4 Å². The lowest BCUT2D eigenvalue weighted by atomic mass is 10.1. The maximum absolute atomic E-state index is 11.9. The van der Waals surface area contributed by atoms with Crippen LogP contribution in [0.3, 0.4) is 0 Å². The molecule has 6 N–H and O–H groups in total. The highest BCUT2D eigenvalue weighted by molar-refractivity contribution is 5.83.